The number of esters is 1. The van der Waals surface area contributed by atoms with Crippen molar-refractivity contribution in [1.29, 1.82) is 0 Å². The van der Waals surface area contributed by atoms with Crippen molar-refractivity contribution < 1.29 is 14.3 Å². The number of hydrogen-bond acceptors (Lipinski definition) is 4. The Morgan fingerprint density at radius 3 is 2.25 bits per heavy atom. The van der Waals surface area contributed by atoms with E-state index in [1.165, 1.54) is 14.0 Å². The quantitative estimate of drug-likeness (QED) is 0.682. The molecule has 2 aromatic rings. The summed E-state index contributed by atoms with van der Waals surface area (Å²) in [5.74, 6) is -0.375. The van der Waals surface area contributed by atoms with Gasteiger partial charge in [-0.05, 0) is 43.3 Å². The van der Waals surface area contributed by atoms with Crippen LogP contribution in [0.25, 0.3) is 0 Å². The van der Waals surface area contributed by atoms with Crippen LogP contribution >= 0.6 is 0 Å². The fourth-order valence-corrected chi connectivity index (χ4v) is 1.82. The summed E-state index contributed by atoms with van der Waals surface area (Å²) >= 11 is 0. The first-order valence-electron chi connectivity index (χ1n) is 6.17. The lowest BCUT2D eigenvalue weighted by Crippen LogP contribution is -2.05. The zero-order chi connectivity index (χ0) is 14.5. The molecular formula is C16H15NO3. The first-order valence-corrected chi connectivity index (χ1v) is 6.17. The summed E-state index contributed by atoms with van der Waals surface area (Å²) in [6.45, 7) is 1.52. The molecule has 0 saturated heterocycles. The number of benzene rings is 2. The Labute approximate surface area is 117 Å². The van der Waals surface area contributed by atoms with Gasteiger partial charge in [0.05, 0.1) is 18.4 Å². The number of para-hydroxylation sites is 1. The van der Waals surface area contributed by atoms with Crippen LogP contribution in [0.1, 0.15) is 27.6 Å². The average molecular weight is 269 g/mol. The van der Waals surface area contributed by atoms with Gasteiger partial charge < -0.3 is 10.1 Å². The van der Waals surface area contributed by atoms with E-state index in [4.69, 9.17) is 4.74 Å². The molecule has 0 saturated carbocycles. The molecule has 0 aliphatic heterocycles. The van der Waals surface area contributed by atoms with Crippen molar-refractivity contribution in [3.63, 3.8) is 0 Å². The zero-order valence-corrected chi connectivity index (χ0v) is 11.3. The van der Waals surface area contributed by atoms with Crippen molar-refractivity contribution in [2.45, 2.75) is 6.92 Å². The second-order valence-electron chi connectivity index (χ2n) is 4.30. The van der Waals surface area contributed by atoms with Gasteiger partial charge in [-0.3, -0.25) is 4.79 Å². The third-order valence-corrected chi connectivity index (χ3v) is 2.90. The van der Waals surface area contributed by atoms with Crippen LogP contribution < -0.4 is 5.32 Å². The van der Waals surface area contributed by atoms with Crippen LogP contribution in [0.3, 0.4) is 0 Å². The van der Waals surface area contributed by atoms with Crippen LogP contribution in [0.2, 0.25) is 0 Å². The van der Waals surface area contributed by atoms with E-state index >= 15 is 0 Å². The highest BCUT2D eigenvalue weighted by Crippen LogP contribution is 2.21. The molecule has 0 aliphatic rings. The lowest BCUT2D eigenvalue weighted by atomic mass is 10.1. The van der Waals surface area contributed by atoms with Gasteiger partial charge in [-0.25, -0.2) is 4.79 Å². The number of ether oxygens (including phenoxy) is 1. The Kier molecular flexibility index (Phi) is 4.15. The molecule has 0 spiro atoms. The largest absolute Gasteiger partial charge is 0.465 e. The summed E-state index contributed by atoms with van der Waals surface area (Å²) < 4.78 is 4.74. The van der Waals surface area contributed by atoms with Crippen molar-refractivity contribution in [2.75, 3.05) is 12.4 Å². The first kappa shape index (κ1) is 13.8. The Morgan fingerprint density at radius 1 is 1.00 bits per heavy atom. The van der Waals surface area contributed by atoms with Gasteiger partial charge in [-0.15, -0.1) is 0 Å². The Hall–Kier alpha value is -2.62. The molecule has 0 bridgehead atoms. The topological polar surface area (TPSA) is 55.4 Å². The molecule has 4 heteroatoms. The van der Waals surface area contributed by atoms with Crippen LogP contribution in [0, 0.1) is 0 Å². The summed E-state index contributed by atoms with van der Waals surface area (Å²) in [6, 6.07) is 14.2. The van der Waals surface area contributed by atoms with Crippen molar-refractivity contribution in [2.24, 2.45) is 0 Å². The van der Waals surface area contributed by atoms with Gasteiger partial charge in [0.2, 0.25) is 0 Å². The smallest absolute Gasteiger partial charge is 0.339 e. The Morgan fingerprint density at radius 2 is 1.65 bits per heavy atom. The number of Topliss-reactive ketones (excluding diaryl/α,β-unsaturated/α-hetero) is 1. The number of ketones is 1. The second kappa shape index (κ2) is 6.02. The fourth-order valence-electron chi connectivity index (χ4n) is 1.82. The van der Waals surface area contributed by atoms with Crippen molar-refractivity contribution in [1.82, 2.24) is 0 Å². The monoisotopic (exact) mass is 269 g/mol. The maximum Gasteiger partial charge on any atom is 0.339 e. The van der Waals surface area contributed by atoms with E-state index in [2.05, 4.69) is 5.32 Å². The first-order chi connectivity index (χ1) is 9.61. The van der Waals surface area contributed by atoms with Gasteiger partial charge in [0.1, 0.15) is 0 Å². The molecule has 102 valence electrons. The van der Waals surface area contributed by atoms with Crippen LogP contribution in [0.15, 0.2) is 48.5 Å². The molecule has 0 atom stereocenters. The molecule has 2 aromatic carbocycles. The molecule has 20 heavy (non-hydrogen) atoms. The number of methoxy groups -OCH3 is 1. The predicted molar refractivity (Wildman–Crippen MR) is 77.5 cm³/mol. The average Bonchev–Trinajstić information content (AvgIpc) is 2.47. The molecular weight excluding hydrogens is 254 g/mol. The van der Waals surface area contributed by atoms with Crippen LogP contribution in [0.5, 0.6) is 0 Å². The maximum absolute atomic E-state index is 11.7. The standard InChI is InChI=1S/C16H15NO3/c1-11(18)12-7-9-13(10-8-12)17-15-6-4-3-5-14(15)16(19)20-2/h3-10,17H,1-2H3. The van der Waals surface area contributed by atoms with Crippen LogP contribution in [-0.2, 0) is 4.74 Å². The van der Waals surface area contributed by atoms with E-state index in [9.17, 15) is 9.59 Å². The molecule has 0 aromatic heterocycles. The summed E-state index contributed by atoms with van der Waals surface area (Å²) in [6.07, 6.45) is 0. The number of nitrogens with one attached hydrogen (secondary N) is 1. The molecule has 0 radical (unpaired) electrons. The lowest BCUT2D eigenvalue weighted by Gasteiger charge is -2.10. The van der Waals surface area contributed by atoms with Crippen LogP contribution in [0.4, 0.5) is 11.4 Å². The molecule has 4 nitrogen and oxygen atoms in total. The van der Waals surface area contributed by atoms with E-state index in [0.717, 1.165) is 5.69 Å². The Balaban J connectivity index is 2.26. The highest BCUT2D eigenvalue weighted by molar-refractivity contribution is 5.97. The molecule has 0 amide bonds. The molecule has 2 rings (SSSR count). The van der Waals surface area contributed by atoms with E-state index in [1.807, 2.05) is 6.07 Å². The van der Waals surface area contributed by atoms with Crippen LogP contribution in [-0.4, -0.2) is 18.9 Å². The number of rotatable bonds is 4. The molecule has 0 fully saturated rings. The number of carbonyl (C=O) groups is 2. The maximum atomic E-state index is 11.7. The number of anilines is 2. The summed E-state index contributed by atoms with van der Waals surface area (Å²) in [5, 5.41) is 3.14. The summed E-state index contributed by atoms with van der Waals surface area (Å²) in [5.41, 5.74) is 2.57. The van der Waals surface area contributed by atoms with Crippen molar-refractivity contribution in [3.05, 3.63) is 59.7 Å². The summed E-state index contributed by atoms with van der Waals surface area (Å²) in [7, 11) is 1.35. The molecule has 0 aliphatic carbocycles. The van der Waals surface area contributed by atoms with Crippen molar-refractivity contribution in [3.8, 4) is 0 Å². The lowest BCUT2D eigenvalue weighted by molar-refractivity contribution is 0.0601. The normalized spacial score (nSPS) is 9.90. The molecule has 0 heterocycles. The zero-order valence-electron chi connectivity index (χ0n) is 11.3. The number of hydrogen-bond donors (Lipinski definition) is 1. The number of carbonyl (C=O) groups excluding carboxylic acids is 2. The highest BCUT2D eigenvalue weighted by atomic mass is 16.5. The second-order valence-corrected chi connectivity index (χ2v) is 4.30. The van der Waals surface area contributed by atoms with Gasteiger partial charge in [-0.2, -0.15) is 0 Å². The van der Waals surface area contributed by atoms with Gasteiger partial charge in [0, 0.05) is 11.3 Å². The minimum Gasteiger partial charge on any atom is -0.465 e. The minimum absolute atomic E-state index is 0.0199. The third kappa shape index (κ3) is 3.03. The SMILES string of the molecule is COC(=O)c1ccccc1Nc1ccc(C(C)=O)cc1. The third-order valence-electron chi connectivity index (χ3n) is 2.90. The molecule has 1 N–H and O–H groups in total. The minimum atomic E-state index is -0.395. The fraction of sp³-hybridized carbons (Fsp3) is 0.125. The van der Waals surface area contributed by atoms with Gasteiger partial charge in [-0.1, -0.05) is 12.1 Å². The molecule has 0 unspecified atom stereocenters. The predicted octanol–water partition coefficient (Wildman–Crippen LogP) is 3.42. The summed E-state index contributed by atoms with van der Waals surface area (Å²) in [4.78, 5) is 22.9. The van der Waals surface area contributed by atoms with E-state index < -0.39 is 5.97 Å². The Bertz CT molecular complexity index is 632. The van der Waals surface area contributed by atoms with Crippen molar-refractivity contribution >= 4 is 23.1 Å². The van der Waals surface area contributed by atoms with E-state index in [-0.39, 0.29) is 5.78 Å². The highest BCUT2D eigenvalue weighted by Gasteiger charge is 2.10. The van der Waals surface area contributed by atoms with Gasteiger partial charge in [0.15, 0.2) is 5.78 Å². The van der Waals surface area contributed by atoms with E-state index in [0.29, 0.717) is 16.8 Å². The van der Waals surface area contributed by atoms with Gasteiger partial charge in [0.25, 0.3) is 0 Å². The van der Waals surface area contributed by atoms with E-state index in [1.54, 1.807) is 42.5 Å². The van der Waals surface area contributed by atoms with Gasteiger partial charge >= 0.3 is 5.97 Å².